The molecule has 1 atom stereocenters. The van der Waals surface area contributed by atoms with Crippen molar-refractivity contribution in [3.63, 3.8) is 0 Å². The number of hydrogen-bond acceptors (Lipinski definition) is 4. The summed E-state index contributed by atoms with van der Waals surface area (Å²) in [5, 5.41) is 5.86. The van der Waals surface area contributed by atoms with Crippen LogP contribution >= 0.6 is 11.8 Å². The fourth-order valence-electron chi connectivity index (χ4n) is 2.86. The van der Waals surface area contributed by atoms with E-state index < -0.39 is 0 Å². The number of para-hydroxylation sites is 1. The van der Waals surface area contributed by atoms with Crippen LogP contribution in [0.5, 0.6) is 5.75 Å². The van der Waals surface area contributed by atoms with E-state index in [9.17, 15) is 9.59 Å². The molecule has 3 rings (SSSR count). The molecule has 0 radical (unpaired) electrons. The largest absolute Gasteiger partial charge is 0.493 e. The summed E-state index contributed by atoms with van der Waals surface area (Å²) >= 11 is 1.49. The van der Waals surface area contributed by atoms with E-state index in [-0.39, 0.29) is 17.9 Å². The molecule has 0 unspecified atom stereocenters. The Morgan fingerprint density at radius 2 is 2.00 bits per heavy atom. The molecule has 0 aromatic heterocycles. The van der Waals surface area contributed by atoms with Crippen LogP contribution in [0.1, 0.15) is 35.3 Å². The van der Waals surface area contributed by atoms with Crippen LogP contribution in [0.25, 0.3) is 0 Å². The Labute approximate surface area is 151 Å². The zero-order chi connectivity index (χ0) is 17.8. The van der Waals surface area contributed by atoms with Crippen molar-refractivity contribution < 1.29 is 14.3 Å². The summed E-state index contributed by atoms with van der Waals surface area (Å²) in [6.07, 6.45) is 2.65. The monoisotopic (exact) mass is 356 g/mol. The maximum absolute atomic E-state index is 12.7. The van der Waals surface area contributed by atoms with Gasteiger partial charge in [-0.15, -0.1) is 11.8 Å². The van der Waals surface area contributed by atoms with E-state index in [4.69, 9.17) is 4.74 Å². The quantitative estimate of drug-likeness (QED) is 0.821. The molecule has 0 bridgehead atoms. The zero-order valence-corrected chi connectivity index (χ0v) is 15.0. The molecule has 1 heterocycles. The van der Waals surface area contributed by atoms with Crippen molar-refractivity contribution in [1.82, 2.24) is 5.32 Å². The zero-order valence-electron chi connectivity index (χ0n) is 14.2. The Morgan fingerprint density at radius 1 is 1.20 bits per heavy atom. The van der Waals surface area contributed by atoms with Crippen LogP contribution in [0.4, 0.5) is 5.69 Å². The molecular weight excluding hydrogens is 336 g/mol. The van der Waals surface area contributed by atoms with E-state index >= 15 is 0 Å². The molecule has 1 aliphatic heterocycles. The highest BCUT2D eigenvalue weighted by Gasteiger charge is 2.23. The fourth-order valence-corrected chi connectivity index (χ4v) is 3.44. The Hall–Kier alpha value is -2.47. The second kappa shape index (κ2) is 7.61. The number of rotatable bonds is 4. The van der Waals surface area contributed by atoms with Gasteiger partial charge in [-0.3, -0.25) is 9.59 Å². The minimum absolute atomic E-state index is 0.0646. The van der Waals surface area contributed by atoms with Gasteiger partial charge in [0.25, 0.3) is 5.91 Å². The number of ether oxygens (including phenoxy) is 1. The highest BCUT2D eigenvalue weighted by molar-refractivity contribution is 7.98. The summed E-state index contributed by atoms with van der Waals surface area (Å²) in [7, 11) is 0. The van der Waals surface area contributed by atoms with Gasteiger partial charge in [-0.25, -0.2) is 0 Å². The molecule has 0 spiro atoms. The summed E-state index contributed by atoms with van der Waals surface area (Å²) in [4.78, 5) is 24.8. The van der Waals surface area contributed by atoms with E-state index in [1.165, 1.54) is 18.7 Å². The fraction of sp³-hybridized carbons (Fsp3) is 0.263. The molecule has 0 saturated heterocycles. The van der Waals surface area contributed by atoms with Crippen molar-refractivity contribution in [3.05, 3.63) is 53.6 Å². The molecule has 2 aromatic carbocycles. The molecule has 0 fully saturated rings. The van der Waals surface area contributed by atoms with Crippen LogP contribution in [0.3, 0.4) is 0 Å². The lowest BCUT2D eigenvalue weighted by Crippen LogP contribution is -2.32. The summed E-state index contributed by atoms with van der Waals surface area (Å²) in [6.45, 7) is 2.05. The van der Waals surface area contributed by atoms with E-state index in [1.807, 2.05) is 30.5 Å². The molecule has 1 aliphatic rings. The Morgan fingerprint density at radius 3 is 2.76 bits per heavy atom. The molecule has 2 N–H and O–H groups in total. The normalized spacial score (nSPS) is 15.7. The molecule has 5 nitrogen and oxygen atoms in total. The van der Waals surface area contributed by atoms with E-state index in [0.717, 1.165) is 22.6 Å². The number of anilines is 1. The van der Waals surface area contributed by atoms with Crippen LogP contribution < -0.4 is 15.4 Å². The third kappa shape index (κ3) is 3.96. The number of thioether (sulfide) groups is 1. The summed E-state index contributed by atoms with van der Waals surface area (Å²) < 4.78 is 5.64. The Balaban J connectivity index is 1.79. The van der Waals surface area contributed by atoms with Crippen molar-refractivity contribution >= 4 is 29.3 Å². The number of benzene rings is 2. The Bertz CT molecular complexity index is 807. The van der Waals surface area contributed by atoms with Crippen LogP contribution in [-0.2, 0) is 4.79 Å². The van der Waals surface area contributed by atoms with Crippen molar-refractivity contribution in [2.24, 2.45) is 0 Å². The van der Waals surface area contributed by atoms with Gasteiger partial charge in [-0.1, -0.05) is 18.2 Å². The molecule has 130 valence electrons. The molecule has 2 amide bonds. The lowest BCUT2D eigenvalue weighted by Gasteiger charge is -2.26. The number of hydrogen-bond donors (Lipinski definition) is 2. The number of carbonyl (C=O) groups excluding carboxylic acids is 2. The molecule has 0 aliphatic carbocycles. The minimum Gasteiger partial charge on any atom is -0.493 e. The van der Waals surface area contributed by atoms with Crippen molar-refractivity contribution in [2.75, 3.05) is 18.2 Å². The molecule has 0 saturated carbocycles. The van der Waals surface area contributed by atoms with Gasteiger partial charge in [0.15, 0.2) is 0 Å². The average molecular weight is 356 g/mol. The maximum atomic E-state index is 12.7. The molecule has 25 heavy (non-hydrogen) atoms. The topological polar surface area (TPSA) is 67.4 Å². The van der Waals surface area contributed by atoms with E-state index in [2.05, 4.69) is 10.6 Å². The summed E-state index contributed by atoms with van der Waals surface area (Å²) in [5.74, 6) is 0.558. The van der Waals surface area contributed by atoms with E-state index in [0.29, 0.717) is 17.9 Å². The first-order valence-corrected chi connectivity index (χ1v) is 9.29. The molecular formula is C19H20N2O3S. The van der Waals surface area contributed by atoms with Crippen molar-refractivity contribution in [1.29, 1.82) is 0 Å². The van der Waals surface area contributed by atoms with Gasteiger partial charge in [-0.05, 0) is 30.5 Å². The van der Waals surface area contributed by atoms with Crippen LogP contribution in [0.2, 0.25) is 0 Å². The average Bonchev–Trinajstić information content (AvgIpc) is 2.62. The van der Waals surface area contributed by atoms with E-state index in [1.54, 1.807) is 18.2 Å². The number of amides is 2. The summed E-state index contributed by atoms with van der Waals surface area (Å²) in [6, 6.07) is 13.0. The van der Waals surface area contributed by atoms with Crippen LogP contribution in [0.15, 0.2) is 47.4 Å². The smallest absolute Gasteiger partial charge is 0.251 e. The number of fused-ring (bicyclic) bond motifs is 1. The maximum Gasteiger partial charge on any atom is 0.251 e. The van der Waals surface area contributed by atoms with Crippen molar-refractivity contribution in [3.8, 4) is 5.75 Å². The van der Waals surface area contributed by atoms with Gasteiger partial charge in [0.1, 0.15) is 5.75 Å². The molecule has 6 heteroatoms. The predicted molar refractivity (Wildman–Crippen MR) is 99.3 cm³/mol. The third-order valence-corrected chi connectivity index (χ3v) is 4.82. The van der Waals surface area contributed by atoms with Crippen molar-refractivity contribution in [2.45, 2.75) is 24.3 Å². The first-order chi connectivity index (χ1) is 12.1. The van der Waals surface area contributed by atoms with Gasteiger partial charge < -0.3 is 15.4 Å². The summed E-state index contributed by atoms with van der Waals surface area (Å²) in [5.41, 5.74) is 2.29. The lowest BCUT2D eigenvalue weighted by atomic mass is 10.00. The second-order valence-electron chi connectivity index (χ2n) is 5.80. The van der Waals surface area contributed by atoms with Gasteiger partial charge in [0.2, 0.25) is 5.91 Å². The van der Waals surface area contributed by atoms with Gasteiger partial charge in [0.05, 0.1) is 18.3 Å². The highest BCUT2D eigenvalue weighted by Crippen LogP contribution is 2.32. The highest BCUT2D eigenvalue weighted by atomic mass is 32.2. The Kier molecular flexibility index (Phi) is 5.28. The lowest BCUT2D eigenvalue weighted by molar-refractivity contribution is -0.114. The SMILES string of the molecule is CSc1cc(C(=O)N[C@@H]2CCOc3ccccc32)ccc1NC(C)=O. The molecule has 2 aromatic rings. The second-order valence-corrected chi connectivity index (χ2v) is 6.65. The predicted octanol–water partition coefficient (Wildman–Crippen LogP) is 3.62. The number of carbonyl (C=O) groups is 2. The van der Waals surface area contributed by atoms with Gasteiger partial charge in [0, 0.05) is 29.4 Å². The van der Waals surface area contributed by atoms with Gasteiger partial charge in [-0.2, -0.15) is 0 Å². The standard InChI is InChI=1S/C19H20N2O3S/c1-12(22)20-16-8-7-13(11-18(16)25-2)19(23)21-15-9-10-24-17-6-4-3-5-14(15)17/h3-8,11,15H,9-10H2,1-2H3,(H,20,22)(H,21,23)/t15-/m1/s1. The van der Waals surface area contributed by atoms with Gasteiger partial charge >= 0.3 is 0 Å². The number of nitrogens with one attached hydrogen (secondary N) is 2. The first-order valence-electron chi connectivity index (χ1n) is 8.06. The third-order valence-electron chi connectivity index (χ3n) is 4.04. The minimum atomic E-state index is -0.133. The van der Waals surface area contributed by atoms with Crippen LogP contribution in [-0.4, -0.2) is 24.7 Å². The first kappa shape index (κ1) is 17.4. The van der Waals surface area contributed by atoms with Crippen LogP contribution in [0, 0.1) is 0 Å².